The fourth-order valence-electron chi connectivity index (χ4n) is 2.50. The van der Waals surface area contributed by atoms with Gasteiger partial charge in [0.25, 0.3) is 11.7 Å². The molecule has 0 aliphatic heterocycles. The van der Waals surface area contributed by atoms with Gasteiger partial charge in [0.1, 0.15) is 0 Å². The molecule has 26 heavy (non-hydrogen) atoms. The van der Waals surface area contributed by atoms with Crippen molar-refractivity contribution < 1.29 is 4.79 Å². The monoisotopic (exact) mass is 396 g/mol. The summed E-state index contributed by atoms with van der Waals surface area (Å²) in [4.78, 5) is 21.0. The number of aryl methyl sites for hydroxylation is 2. The number of hydrogen-bond donors (Lipinski definition) is 2. The zero-order valence-electron chi connectivity index (χ0n) is 14.8. The van der Waals surface area contributed by atoms with E-state index in [-0.39, 0.29) is 36.5 Å². The third-order valence-electron chi connectivity index (χ3n) is 3.65. The van der Waals surface area contributed by atoms with E-state index >= 15 is 0 Å². The number of nitrogens with one attached hydrogen (secondary N) is 2. The second kappa shape index (κ2) is 9.47. The van der Waals surface area contributed by atoms with Gasteiger partial charge < -0.3 is 10.6 Å². The van der Waals surface area contributed by atoms with Crippen molar-refractivity contribution in [2.75, 3.05) is 11.9 Å². The van der Waals surface area contributed by atoms with Crippen molar-refractivity contribution in [2.24, 2.45) is 0 Å². The van der Waals surface area contributed by atoms with Crippen LogP contribution in [0, 0.1) is 13.8 Å². The minimum atomic E-state index is -0.346. The molecule has 0 spiro atoms. The number of carbonyl (C=O) groups is 1. The Bertz CT molecular complexity index is 896. The first-order valence-electron chi connectivity index (χ1n) is 7.89. The molecule has 7 nitrogen and oxygen atoms in total. The quantitative estimate of drug-likeness (QED) is 0.692. The van der Waals surface area contributed by atoms with Crippen LogP contribution in [0.2, 0.25) is 0 Å². The first-order valence-corrected chi connectivity index (χ1v) is 7.89. The number of aromatic nitrogens is 4. The Balaban J connectivity index is 0.00000169. The van der Waals surface area contributed by atoms with Crippen molar-refractivity contribution in [1.29, 1.82) is 0 Å². The average molecular weight is 397 g/mol. The summed E-state index contributed by atoms with van der Waals surface area (Å²) in [5.41, 5.74) is 3.50. The van der Waals surface area contributed by atoms with Gasteiger partial charge in [0.05, 0.1) is 0 Å². The Hall–Kier alpha value is -2.22. The van der Waals surface area contributed by atoms with Gasteiger partial charge in [0, 0.05) is 23.6 Å². The first-order chi connectivity index (χ1) is 11.6. The lowest BCUT2D eigenvalue weighted by molar-refractivity contribution is 0.101. The highest BCUT2D eigenvalue weighted by molar-refractivity contribution is 6.02. The molecular weight excluding hydrogens is 375 g/mol. The maximum absolute atomic E-state index is 12.5. The van der Waals surface area contributed by atoms with Gasteiger partial charge in [-0.15, -0.1) is 29.9 Å². The van der Waals surface area contributed by atoms with Gasteiger partial charge in [0.2, 0.25) is 5.82 Å². The summed E-state index contributed by atoms with van der Waals surface area (Å²) in [6.45, 7) is 7.38. The lowest BCUT2D eigenvalue weighted by atomic mass is 10.1. The van der Waals surface area contributed by atoms with Crippen LogP contribution in [0.4, 0.5) is 5.69 Å². The molecule has 2 heterocycles. The van der Waals surface area contributed by atoms with Crippen LogP contribution in [-0.2, 0) is 6.54 Å². The summed E-state index contributed by atoms with van der Waals surface area (Å²) in [5, 5.41) is 10.4. The van der Waals surface area contributed by atoms with Crippen molar-refractivity contribution in [3.8, 4) is 0 Å². The topological polar surface area (TPSA) is 84.2 Å². The number of benzene rings is 1. The fourth-order valence-corrected chi connectivity index (χ4v) is 2.50. The van der Waals surface area contributed by atoms with Gasteiger partial charge >= 0.3 is 0 Å². The van der Waals surface area contributed by atoms with Gasteiger partial charge in [-0.3, -0.25) is 4.79 Å². The molecule has 1 amide bonds. The number of halogens is 2. The van der Waals surface area contributed by atoms with Crippen LogP contribution in [0.3, 0.4) is 0 Å². The molecule has 0 aliphatic rings. The molecule has 3 rings (SSSR count). The van der Waals surface area contributed by atoms with Crippen molar-refractivity contribution in [2.45, 2.75) is 27.3 Å². The van der Waals surface area contributed by atoms with Gasteiger partial charge in [-0.1, -0.05) is 25.1 Å². The second-order valence-corrected chi connectivity index (χ2v) is 5.58. The third-order valence-corrected chi connectivity index (χ3v) is 3.65. The summed E-state index contributed by atoms with van der Waals surface area (Å²) >= 11 is 0. The predicted molar refractivity (Wildman–Crippen MR) is 107 cm³/mol. The summed E-state index contributed by atoms with van der Waals surface area (Å²) in [7, 11) is 0. The fraction of sp³-hybridized carbons (Fsp3) is 0.294. The average Bonchev–Trinajstić information content (AvgIpc) is 2.98. The normalized spacial score (nSPS) is 10.1. The highest BCUT2D eigenvalue weighted by atomic mass is 35.5. The molecule has 0 saturated heterocycles. The van der Waals surface area contributed by atoms with Crippen LogP contribution in [0.5, 0.6) is 0 Å². The molecule has 0 radical (unpaired) electrons. The lowest BCUT2D eigenvalue weighted by Gasteiger charge is -2.10. The van der Waals surface area contributed by atoms with Crippen LogP contribution in [0.25, 0.3) is 5.78 Å². The minimum absolute atomic E-state index is 0. The van der Waals surface area contributed by atoms with E-state index in [4.69, 9.17) is 0 Å². The number of hydrogen-bond acceptors (Lipinski definition) is 5. The highest BCUT2D eigenvalue weighted by Gasteiger charge is 2.16. The summed E-state index contributed by atoms with van der Waals surface area (Å²) in [6.07, 6.45) is 0. The maximum Gasteiger partial charge on any atom is 0.295 e. The zero-order valence-corrected chi connectivity index (χ0v) is 16.4. The number of rotatable bonds is 5. The number of para-hydroxylation sites is 1. The van der Waals surface area contributed by atoms with Gasteiger partial charge in [-0.2, -0.15) is 4.98 Å². The van der Waals surface area contributed by atoms with Crippen LogP contribution in [0.15, 0.2) is 30.3 Å². The van der Waals surface area contributed by atoms with E-state index < -0.39 is 0 Å². The van der Waals surface area contributed by atoms with E-state index in [9.17, 15) is 4.79 Å². The van der Waals surface area contributed by atoms with Crippen molar-refractivity contribution in [3.63, 3.8) is 0 Å². The van der Waals surface area contributed by atoms with E-state index in [2.05, 4.69) is 25.7 Å². The van der Waals surface area contributed by atoms with Crippen LogP contribution < -0.4 is 10.6 Å². The predicted octanol–water partition coefficient (Wildman–Crippen LogP) is 2.95. The number of anilines is 1. The largest absolute Gasteiger partial charge is 0.319 e. The van der Waals surface area contributed by atoms with Crippen molar-refractivity contribution in [3.05, 3.63) is 53.1 Å². The SMILES string of the molecule is CCNCc1ccccc1NC(=O)c1nc2nc(C)cc(C)n2n1.Cl.Cl. The van der Waals surface area contributed by atoms with Crippen molar-refractivity contribution in [1.82, 2.24) is 24.9 Å². The van der Waals surface area contributed by atoms with Gasteiger partial charge in [-0.25, -0.2) is 9.50 Å². The molecule has 1 aromatic carbocycles. The van der Waals surface area contributed by atoms with E-state index in [1.165, 1.54) is 0 Å². The molecule has 0 atom stereocenters. The Morgan fingerprint density at radius 1 is 1.15 bits per heavy atom. The molecule has 3 aromatic rings. The Labute approximate surface area is 164 Å². The smallest absolute Gasteiger partial charge is 0.295 e. The summed E-state index contributed by atoms with van der Waals surface area (Å²) in [5.74, 6) is 0.189. The van der Waals surface area contributed by atoms with Gasteiger partial charge in [-0.05, 0) is 38.1 Å². The first kappa shape index (κ1) is 21.8. The zero-order chi connectivity index (χ0) is 17.1. The van der Waals surface area contributed by atoms with Gasteiger partial charge in [0.15, 0.2) is 0 Å². The molecule has 9 heteroatoms. The Kier molecular flexibility index (Phi) is 7.95. The second-order valence-electron chi connectivity index (χ2n) is 5.58. The summed E-state index contributed by atoms with van der Waals surface area (Å²) < 4.78 is 1.58. The molecule has 0 saturated carbocycles. The van der Waals surface area contributed by atoms with E-state index in [1.54, 1.807) is 4.52 Å². The number of carbonyl (C=O) groups excluding carboxylic acids is 1. The standard InChI is InChI=1S/C17H20N6O.2ClH/c1-4-18-10-13-7-5-6-8-14(13)20-16(24)15-21-17-19-11(2)9-12(3)23(17)22-15;;/h5-9,18H,4,10H2,1-3H3,(H,20,24);2*1H. The molecule has 0 bridgehead atoms. The van der Waals surface area contributed by atoms with E-state index in [0.717, 1.165) is 29.2 Å². The van der Waals surface area contributed by atoms with E-state index in [1.807, 2.05) is 51.1 Å². The number of fused-ring (bicyclic) bond motifs is 1. The van der Waals surface area contributed by atoms with E-state index in [0.29, 0.717) is 12.3 Å². The number of amides is 1. The lowest BCUT2D eigenvalue weighted by Crippen LogP contribution is -2.18. The van der Waals surface area contributed by atoms with Crippen LogP contribution >= 0.6 is 24.8 Å². The number of nitrogens with zero attached hydrogens (tertiary/aromatic N) is 4. The Morgan fingerprint density at radius 2 is 1.88 bits per heavy atom. The minimum Gasteiger partial charge on any atom is -0.319 e. The Morgan fingerprint density at radius 3 is 2.62 bits per heavy atom. The molecule has 140 valence electrons. The summed E-state index contributed by atoms with van der Waals surface area (Å²) in [6, 6.07) is 9.58. The van der Waals surface area contributed by atoms with Crippen molar-refractivity contribution >= 4 is 42.2 Å². The van der Waals surface area contributed by atoms with Crippen LogP contribution in [-0.4, -0.2) is 32.0 Å². The molecule has 0 aliphatic carbocycles. The molecule has 2 N–H and O–H groups in total. The molecule has 0 unspecified atom stereocenters. The maximum atomic E-state index is 12.5. The molecule has 0 fully saturated rings. The highest BCUT2D eigenvalue weighted by Crippen LogP contribution is 2.16. The molecule has 2 aromatic heterocycles. The third kappa shape index (κ3) is 4.69. The van der Waals surface area contributed by atoms with Crippen LogP contribution in [0.1, 0.15) is 34.5 Å². The molecular formula is C17H22Cl2N6O.